The zero-order valence-electron chi connectivity index (χ0n) is 33.2. The number of hydrogen-bond donors (Lipinski definition) is 6. The minimum Gasteiger partial charge on any atom is -0.462 e. The maximum Gasteiger partial charge on any atom is 0.472 e. The highest BCUT2D eigenvalue weighted by atomic mass is 31.2. The number of aliphatic hydroxyl groups excluding tert-OH is 5. The summed E-state index contributed by atoms with van der Waals surface area (Å²) in [5.41, 5.74) is 0. The van der Waals surface area contributed by atoms with E-state index in [1.807, 2.05) is 0 Å². The van der Waals surface area contributed by atoms with E-state index < -0.39 is 76.7 Å². The second-order valence-corrected chi connectivity index (χ2v) is 16.6. The molecule has 316 valence electrons. The average Bonchev–Trinajstić information content (AvgIpc) is 3.40. The Balaban J connectivity index is 2.58. The quantitative estimate of drug-likeness (QED) is 0.0183. The van der Waals surface area contributed by atoms with Crippen molar-refractivity contribution in [3.05, 3.63) is 24.3 Å². The van der Waals surface area contributed by atoms with Gasteiger partial charge in [-0.1, -0.05) is 129 Å². The highest BCUT2D eigenvalue weighted by Crippen LogP contribution is 2.43. The summed E-state index contributed by atoms with van der Waals surface area (Å²) in [4.78, 5) is 35.1. The van der Waals surface area contributed by atoms with Gasteiger partial charge in [-0.05, 0) is 31.1 Å². The van der Waals surface area contributed by atoms with Gasteiger partial charge in [0.1, 0.15) is 12.7 Å². The van der Waals surface area contributed by atoms with Crippen LogP contribution in [0.5, 0.6) is 0 Å². The third-order valence-corrected chi connectivity index (χ3v) is 10.6. The second-order valence-electron chi connectivity index (χ2n) is 15.1. The van der Waals surface area contributed by atoms with Gasteiger partial charge < -0.3 is 39.9 Å². The summed E-state index contributed by atoms with van der Waals surface area (Å²) in [6.45, 7) is 4.17. The van der Waals surface area contributed by atoms with E-state index in [0.29, 0.717) is 19.3 Å². The molecule has 54 heavy (non-hydrogen) atoms. The molecule has 0 aromatic carbocycles. The molecule has 0 saturated heterocycles. The van der Waals surface area contributed by atoms with Gasteiger partial charge in [0.25, 0.3) is 0 Å². The number of phosphoric acid groups is 1. The molecule has 0 spiro atoms. The van der Waals surface area contributed by atoms with Crippen molar-refractivity contribution in [2.45, 2.75) is 173 Å². The molecule has 1 rings (SSSR count). The molecule has 0 heterocycles. The predicted molar refractivity (Wildman–Crippen MR) is 207 cm³/mol. The number of rotatable bonds is 33. The van der Waals surface area contributed by atoms with Crippen molar-refractivity contribution >= 4 is 19.8 Å². The molecule has 1 unspecified atom stereocenters. The van der Waals surface area contributed by atoms with Crippen molar-refractivity contribution in [3.63, 3.8) is 0 Å². The summed E-state index contributed by atoms with van der Waals surface area (Å²) < 4.78 is 32.6. The fourth-order valence-corrected chi connectivity index (χ4v) is 7.18. The predicted octanol–water partition coefficient (Wildman–Crippen LogP) is 6.46. The third kappa shape index (κ3) is 25.5. The molecular weight excluding hydrogens is 719 g/mol. The van der Waals surface area contributed by atoms with E-state index in [9.17, 15) is 39.5 Å². The van der Waals surface area contributed by atoms with Crippen LogP contribution in [-0.2, 0) is 32.7 Å². The Morgan fingerprint density at radius 3 is 2.04 bits per heavy atom. The van der Waals surface area contributed by atoms with Crippen LogP contribution >= 0.6 is 7.82 Å². The van der Waals surface area contributed by atoms with Gasteiger partial charge in [-0.2, -0.15) is 0 Å². The standard InChI is InChI=1S/C40H73O13P/c1-4-5-14-20-32(42)24-25-36-35(37(44)26-38(36)45)21-17-18-23-40(47)53-34(30-52-54(48,49)51-28-33(43)27-41)29-50-39(46)22-16-13-11-9-7-6-8-10-12-15-19-31(2)3/h17-18,24-25,31-38,41-45H,4-16,19-23,26-30H2,1-3H3,(H,48,49)/b18-17-,25-24+/t32-,33+,34-,35+,36-,37+,38-/m1/s1. The van der Waals surface area contributed by atoms with Crippen LogP contribution in [0.3, 0.4) is 0 Å². The van der Waals surface area contributed by atoms with Crippen molar-refractivity contribution in [1.82, 2.24) is 0 Å². The molecule has 0 bridgehead atoms. The zero-order valence-corrected chi connectivity index (χ0v) is 34.1. The first kappa shape index (κ1) is 50.3. The summed E-state index contributed by atoms with van der Waals surface area (Å²) in [5.74, 6) is -1.13. The van der Waals surface area contributed by atoms with Crippen LogP contribution < -0.4 is 0 Å². The molecule has 14 heteroatoms. The molecule has 0 aromatic heterocycles. The van der Waals surface area contributed by atoms with Crippen molar-refractivity contribution in [2.75, 3.05) is 26.4 Å². The average molecular weight is 793 g/mol. The van der Waals surface area contributed by atoms with Crippen LogP contribution in [0.25, 0.3) is 0 Å². The van der Waals surface area contributed by atoms with E-state index in [0.717, 1.165) is 44.4 Å². The lowest BCUT2D eigenvalue weighted by Gasteiger charge is -2.20. The fourth-order valence-electron chi connectivity index (χ4n) is 6.39. The smallest absolute Gasteiger partial charge is 0.462 e. The number of carbonyl (C=O) groups excluding carboxylic acids is 2. The normalized spacial score (nSPS) is 21.8. The van der Waals surface area contributed by atoms with Gasteiger partial charge in [-0.25, -0.2) is 4.57 Å². The highest BCUT2D eigenvalue weighted by molar-refractivity contribution is 7.47. The molecule has 0 radical (unpaired) electrons. The van der Waals surface area contributed by atoms with Gasteiger partial charge in [0.15, 0.2) is 6.10 Å². The van der Waals surface area contributed by atoms with E-state index in [2.05, 4.69) is 25.3 Å². The summed E-state index contributed by atoms with van der Waals surface area (Å²) in [6.07, 6.45) is 18.6. The van der Waals surface area contributed by atoms with Crippen LogP contribution in [0.1, 0.15) is 143 Å². The van der Waals surface area contributed by atoms with E-state index >= 15 is 0 Å². The van der Waals surface area contributed by atoms with Crippen molar-refractivity contribution in [1.29, 1.82) is 0 Å². The number of hydrogen-bond acceptors (Lipinski definition) is 12. The Hall–Kier alpha value is -1.67. The second kappa shape index (κ2) is 30.5. The van der Waals surface area contributed by atoms with Crippen LogP contribution in [0, 0.1) is 17.8 Å². The lowest BCUT2D eigenvalue weighted by Crippen LogP contribution is -2.29. The molecule has 1 fully saturated rings. The van der Waals surface area contributed by atoms with E-state index in [4.69, 9.17) is 19.1 Å². The first-order valence-corrected chi connectivity index (χ1v) is 21.9. The third-order valence-electron chi connectivity index (χ3n) is 9.64. The highest BCUT2D eigenvalue weighted by Gasteiger charge is 2.39. The number of ether oxygens (including phenoxy) is 2. The van der Waals surface area contributed by atoms with E-state index in [-0.39, 0.29) is 31.1 Å². The summed E-state index contributed by atoms with van der Waals surface area (Å²) in [6, 6.07) is 0. The van der Waals surface area contributed by atoms with E-state index in [1.165, 1.54) is 44.9 Å². The zero-order chi connectivity index (χ0) is 40.2. The lowest BCUT2D eigenvalue weighted by atomic mass is 9.89. The van der Waals surface area contributed by atoms with Gasteiger partial charge in [-0.15, -0.1) is 0 Å². The Morgan fingerprint density at radius 1 is 0.796 bits per heavy atom. The Labute approximate surface area is 324 Å². The van der Waals surface area contributed by atoms with Crippen LogP contribution in [0.15, 0.2) is 24.3 Å². The van der Waals surface area contributed by atoms with E-state index in [1.54, 1.807) is 24.3 Å². The largest absolute Gasteiger partial charge is 0.472 e. The number of allylic oxidation sites excluding steroid dienone is 1. The van der Waals surface area contributed by atoms with Crippen LogP contribution in [-0.4, -0.2) is 99.3 Å². The first-order chi connectivity index (χ1) is 25.8. The minimum atomic E-state index is -4.71. The molecule has 8 atom stereocenters. The number of phosphoric ester groups is 1. The van der Waals surface area contributed by atoms with Gasteiger partial charge >= 0.3 is 19.8 Å². The number of unbranched alkanes of at least 4 members (excludes halogenated alkanes) is 11. The van der Waals surface area contributed by atoms with Crippen molar-refractivity contribution in [3.8, 4) is 0 Å². The molecule has 0 aliphatic heterocycles. The summed E-state index contributed by atoms with van der Waals surface area (Å²) in [7, 11) is -4.71. The van der Waals surface area contributed by atoms with Gasteiger partial charge in [0, 0.05) is 18.8 Å². The van der Waals surface area contributed by atoms with Gasteiger partial charge in [0.05, 0.1) is 44.6 Å². The topological polar surface area (TPSA) is 210 Å². The first-order valence-electron chi connectivity index (χ1n) is 20.4. The van der Waals surface area contributed by atoms with Crippen molar-refractivity contribution in [2.24, 2.45) is 17.8 Å². The summed E-state index contributed by atoms with van der Waals surface area (Å²) in [5, 5.41) is 49.6. The van der Waals surface area contributed by atoms with Crippen molar-refractivity contribution < 1.29 is 63.1 Å². The van der Waals surface area contributed by atoms with Crippen LogP contribution in [0.2, 0.25) is 0 Å². The number of carbonyl (C=O) groups is 2. The molecule has 0 amide bonds. The maximum absolute atomic E-state index is 12.7. The Bertz CT molecular complexity index is 1080. The Morgan fingerprint density at radius 2 is 1.41 bits per heavy atom. The molecular formula is C40H73O13P. The SMILES string of the molecule is CCCCC[C@@H](O)/C=C/[C@@H]1[C@H](C/C=C\CC(=O)O[C@H](COC(=O)CCCCCCCCCCCCC(C)C)COP(=O)(O)OC[C@@H](O)CO)[C@@H](O)C[C@H]1O. The molecule has 6 N–H and O–H groups in total. The minimum absolute atomic E-state index is 0.177. The molecule has 0 aromatic rings. The lowest BCUT2D eigenvalue weighted by molar-refractivity contribution is -0.160. The molecule has 1 saturated carbocycles. The molecule has 1 aliphatic carbocycles. The maximum atomic E-state index is 12.7. The summed E-state index contributed by atoms with van der Waals surface area (Å²) >= 11 is 0. The fraction of sp³-hybridized carbons (Fsp3) is 0.850. The molecule has 13 nitrogen and oxygen atoms in total. The number of esters is 2. The van der Waals surface area contributed by atoms with Gasteiger partial charge in [-0.3, -0.25) is 18.6 Å². The Kier molecular flexibility index (Phi) is 28.4. The molecule has 1 aliphatic rings. The van der Waals surface area contributed by atoms with Gasteiger partial charge in [0.2, 0.25) is 0 Å². The number of aliphatic hydroxyl groups is 5. The monoisotopic (exact) mass is 792 g/mol. The van der Waals surface area contributed by atoms with Crippen LogP contribution in [0.4, 0.5) is 0 Å².